The molecular weight excluding hydrogens is 694 g/mol. The zero-order chi connectivity index (χ0) is 33.5. The summed E-state index contributed by atoms with van der Waals surface area (Å²) < 4.78 is 17.1. The summed E-state index contributed by atoms with van der Waals surface area (Å²) in [5.41, 5.74) is -0.850. The molecule has 0 bridgehead atoms. The van der Waals surface area contributed by atoms with Gasteiger partial charge in [0.25, 0.3) is 5.69 Å². The molecule has 9 atom stereocenters. The first-order chi connectivity index (χ1) is 22.0. The van der Waals surface area contributed by atoms with E-state index in [0.717, 1.165) is 43.6 Å². The van der Waals surface area contributed by atoms with Gasteiger partial charge in [-0.2, -0.15) is 0 Å². The first kappa shape index (κ1) is 39.5. The van der Waals surface area contributed by atoms with Crippen LogP contribution in [0, 0.1) is 16.0 Å². The van der Waals surface area contributed by atoms with Gasteiger partial charge in [0, 0.05) is 11.3 Å². The standard InChI is InChI=1S/C29H43N5O9S3.ClH/c1-6-7-8-15-9-10-30-17(11-15)26(38)31-21(25-23(36)22(35)24(37)28(43-25)44-5)14(2)45-29-33-32-27(46-29)16-12-19(41-3)20(42-4)13-18(16)34(39)40;/h12-15,17,21-25,28,30,35-37H,6-11H2,1-5H3,(H,31,38);1H/t14-,15+,17-,21+,22-,23+,24+,25+,28+;/m0./s1. The summed E-state index contributed by atoms with van der Waals surface area (Å²) in [6, 6.07) is 1.50. The molecule has 0 aliphatic carbocycles. The Morgan fingerprint density at radius 1 is 1.21 bits per heavy atom. The Morgan fingerprint density at radius 3 is 2.55 bits per heavy atom. The number of nitrogens with zero attached hydrogens (tertiary/aromatic N) is 3. The van der Waals surface area contributed by atoms with Gasteiger partial charge in [-0.1, -0.05) is 56.2 Å². The first-order valence-electron chi connectivity index (χ1n) is 15.2. The van der Waals surface area contributed by atoms with E-state index in [1.807, 2.05) is 6.92 Å². The predicted molar refractivity (Wildman–Crippen MR) is 184 cm³/mol. The Hall–Kier alpha value is -1.96. The van der Waals surface area contributed by atoms with Crippen molar-refractivity contribution in [2.75, 3.05) is 27.0 Å². The number of piperidine rings is 1. The topological polar surface area (TPSA) is 198 Å². The van der Waals surface area contributed by atoms with Gasteiger partial charge in [-0.15, -0.1) is 34.4 Å². The number of benzene rings is 1. The molecule has 264 valence electrons. The number of halogens is 1. The van der Waals surface area contributed by atoms with Gasteiger partial charge in [-0.25, -0.2) is 0 Å². The van der Waals surface area contributed by atoms with Gasteiger partial charge in [-0.05, 0) is 31.6 Å². The number of unbranched alkanes of at least 4 members (excludes halogenated alkanes) is 1. The molecule has 0 unspecified atom stereocenters. The summed E-state index contributed by atoms with van der Waals surface area (Å²) in [7, 11) is 2.82. The summed E-state index contributed by atoms with van der Waals surface area (Å²) >= 11 is 3.56. The number of nitro benzene ring substituents is 1. The van der Waals surface area contributed by atoms with Crippen LogP contribution in [0.1, 0.15) is 46.0 Å². The molecule has 14 nitrogen and oxygen atoms in total. The van der Waals surface area contributed by atoms with E-state index in [2.05, 4.69) is 27.8 Å². The fraction of sp³-hybridized carbons (Fsp3) is 0.690. The molecule has 2 fully saturated rings. The van der Waals surface area contributed by atoms with Crippen LogP contribution in [-0.4, -0.2) is 111 Å². The van der Waals surface area contributed by atoms with Gasteiger partial charge >= 0.3 is 0 Å². The van der Waals surface area contributed by atoms with Crippen LogP contribution in [0.5, 0.6) is 11.5 Å². The molecule has 18 heteroatoms. The molecule has 0 spiro atoms. The lowest BCUT2D eigenvalue weighted by Crippen LogP contribution is -2.65. The van der Waals surface area contributed by atoms with Crippen molar-refractivity contribution in [3.63, 3.8) is 0 Å². The summed E-state index contributed by atoms with van der Waals surface area (Å²) in [5, 5.41) is 58.8. The summed E-state index contributed by atoms with van der Waals surface area (Å²) in [4.78, 5) is 25.0. The number of methoxy groups -OCH3 is 2. The summed E-state index contributed by atoms with van der Waals surface area (Å²) in [6.45, 7) is 4.70. The fourth-order valence-electron chi connectivity index (χ4n) is 5.84. The van der Waals surface area contributed by atoms with E-state index in [1.54, 1.807) is 6.26 Å². The highest BCUT2D eigenvalue weighted by Gasteiger charge is 2.48. The number of thioether (sulfide) groups is 2. The van der Waals surface area contributed by atoms with E-state index in [0.29, 0.717) is 22.4 Å². The fourth-order valence-corrected chi connectivity index (χ4v) is 8.78. The number of nitrogens with one attached hydrogen (secondary N) is 2. The van der Waals surface area contributed by atoms with Crippen molar-refractivity contribution >= 4 is 58.9 Å². The second-order valence-corrected chi connectivity index (χ2v) is 15.0. The van der Waals surface area contributed by atoms with Crippen LogP contribution in [0.2, 0.25) is 0 Å². The Kier molecular flexibility index (Phi) is 15.2. The molecule has 5 N–H and O–H groups in total. The third-order valence-corrected chi connectivity index (χ3v) is 11.5. The molecular formula is C29H44ClN5O9S3. The predicted octanol–water partition coefficient (Wildman–Crippen LogP) is 3.25. The van der Waals surface area contributed by atoms with Crippen LogP contribution in [0.15, 0.2) is 16.5 Å². The number of amides is 1. The van der Waals surface area contributed by atoms with E-state index in [4.69, 9.17) is 14.2 Å². The Morgan fingerprint density at radius 2 is 1.91 bits per heavy atom. The number of rotatable bonds is 14. The van der Waals surface area contributed by atoms with Crippen LogP contribution in [0.3, 0.4) is 0 Å². The second kappa shape index (κ2) is 18.2. The van der Waals surface area contributed by atoms with Gasteiger partial charge in [0.1, 0.15) is 29.9 Å². The average Bonchev–Trinajstić information content (AvgIpc) is 3.52. The van der Waals surface area contributed by atoms with Crippen molar-refractivity contribution in [2.45, 2.75) is 97.5 Å². The Balaban J connectivity index is 0.00000600. The maximum Gasteiger partial charge on any atom is 0.283 e. The maximum atomic E-state index is 13.7. The lowest BCUT2D eigenvalue weighted by molar-refractivity contribution is -0.384. The summed E-state index contributed by atoms with van der Waals surface area (Å²) in [5.74, 6) is 0.686. The minimum Gasteiger partial charge on any atom is -0.493 e. The van der Waals surface area contributed by atoms with Crippen molar-refractivity contribution in [2.24, 2.45) is 5.92 Å². The van der Waals surface area contributed by atoms with Crippen molar-refractivity contribution < 1.29 is 39.2 Å². The van der Waals surface area contributed by atoms with Gasteiger partial charge in [0.2, 0.25) is 5.91 Å². The minimum atomic E-state index is -1.49. The number of hydrogen-bond acceptors (Lipinski definition) is 15. The van der Waals surface area contributed by atoms with E-state index in [-0.39, 0.29) is 40.3 Å². The van der Waals surface area contributed by atoms with Crippen LogP contribution in [-0.2, 0) is 9.53 Å². The van der Waals surface area contributed by atoms with E-state index >= 15 is 0 Å². The zero-order valence-corrected chi connectivity index (χ0v) is 30.1. The van der Waals surface area contributed by atoms with Gasteiger partial charge in [-0.3, -0.25) is 14.9 Å². The van der Waals surface area contributed by atoms with Crippen LogP contribution < -0.4 is 20.1 Å². The smallest absolute Gasteiger partial charge is 0.283 e. The second-order valence-electron chi connectivity index (χ2n) is 11.4. The zero-order valence-electron chi connectivity index (χ0n) is 26.9. The van der Waals surface area contributed by atoms with Gasteiger partial charge < -0.3 is 40.2 Å². The Labute approximate surface area is 292 Å². The molecule has 1 aromatic carbocycles. The van der Waals surface area contributed by atoms with Crippen molar-refractivity contribution in [1.82, 2.24) is 20.8 Å². The molecule has 1 aromatic heterocycles. The third-order valence-electron chi connectivity index (χ3n) is 8.42. The SMILES string of the molecule is CCCC[C@@H]1CCN[C@H](C(=O)N[C@@H]([C@H]2O[C@H](SC)[C@H](O)[C@@H](O)[C@H]2O)[C@H](C)Sc2nnc(-c3cc(OC)c(OC)cc3[N+](=O)[O-])s2)C1.Cl. The van der Waals surface area contributed by atoms with Crippen LogP contribution in [0.4, 0.5) is 5.69 Å². The van der Waals surface area contributed by atoms with Crippen molar-refractivity contribution in [1.29, 1.82) is 0 Å². The molecule has 2 saturated heterocycles. The van der Waals surface area contributed by atoms with Gasteiger partial charge in [0.15, 0.2) is 20.8 Å². The Bertz CT molecular complexity index is 1340. The number of carbonyl (C=O) groups is 1. The molecule has 0 saturated carbocycles. The molecule has 1 amide bonds. The third kappa shape index (κ3) is 9.39. The van der Waals surface area contributed by atoms with E-state index < -0.39 is 52.1 Å². The highest BCUT2D eigenvalue weighted by atomic mass is 35.5. The lowest BCUT2D eigenvalue weighted by Gasteiger charge is -2.44. The highest BCUT2D eigenvalue weighted by Crippen LogP contribution is 2.43. The van der Waals surface area contributed by atoms with Crippen molar-refractivity contribution in [3.8, 4) is 22.1 Å². The van der Waals surface area contributed by atoms with Crippen LogP contribution in [0.25, 0.3) is 10.6 Å². The molecule has 3 heterocycles. The van der Waals surface area contributed by atoms with Crippen molar-refractivity contribution in [3.05, 3.63) is 22.2 Å². The summed E-state index contributed by atoms with van der Waals surface area (Å²) in [6.07, 6.45) is 1.31. The molecule has 2 aliphatic heterocycles. The molecule has 4 rings (SSSR count). The van der Waals surface area contributed by atoms with Crippen LogP contribution >= 0.6 is 47.3 Å². The molecule has 47 heavy (non-hydrogen) atoms. The van der Waals surface area contributed by atoms with E-state index in [9.17, 15) is 30.2 Å². The minimum absolute atomic E-state index is 0. The largest absolute Gasteiger partial charge is 0.493 e. The lowest BCUT2D eigenvalue weighted by atomic mass is 9.87. The number of aromatic nitrogens is 2. The molecule has 2 aromatic rings. The van der Waals surface area contributed by atoms with Gasteiger partial charge in [0.05, 0.1) is 42.9 Å². The highest BCUT2D eigenvalue weighted by molar-refractivity contribution is 8.01. The number of nitro groups is 1. The van der Waals surface area contributed by atoms with E-state index in [1.165, 1.54) is 49.9 Å². The number of aliphatic hydroxyl groups excluding tert-OH is 3. The first-order valence-corrected chi connectivity index (χ1v) is 18.2. The number of hydrogen-bond donors (Lipinski definition) is 5. The molecule has 0 radical (unpaired) electrons. The normalized spacial score (nSPS) is 27.3. The average molecular weight is 738 g/mol. The maximum absolute atomic E-state index is 13.7. The number of ether oxygens (including phenoxy) is 3. The number of carbonyl (C=O) groups excluding carboxylic acids is 1. The monoisotopic (exact) mass is 737 g/mol. The number of aliphatic hydroxyl groups is 3. The molecule has 2 aliphatic rings. The quantitative estimate of drug-likeness (QED) is 0.108.